The van der Waals surface area contributed by atoms with Gasteiger partial charge in [0.25, 0.3) is 0 Å². The van der Waals surface area contributed by atoms with Gasteiger partial charge in [-0.15, -0.1) is 12.4 Å². The maximum absolute atomic E-state index is 5.15. The first-order chi connectivity index (χ1) is 13.3. The third kappa shape index (κ3) is 3.61. The fourth-order valence-corrected chi connectivity index (χ4v) is 5.90. The van der Waals surface area contributed by atoms with Gasteiger partial charge in [0, 0.05) is 23.5 Å². The van der Waals surface area contributed by atoms with Crippen molar-refractivity contribution in [3.05, 3.63) is 54.1 Å². The minimum atomic E-state index is 0. The molecule has 4 heteroatoms. The second kappa shape index (κ2) is 6.98. The number of hydrogen-bond donors (Lipinski definition) is 0. The third-order valence-corrected chi connectivity index (χ3v) is 6.55. The summed E-state index contributed by atoms with van der Waals surface area (Å²) in [6.07, 6.45) is 3.80. The van der Waals surface area contributed by atoms with Gasteiger partial charge in [-0.3, -0.25) is 0 Å². The molecule has 2 atom stereocenters. The lowest BCUT2D eigenvalue weighted by atomic mass is 9.65. The molecule has 2 unspecified atom stereocenters. The summed E-state index contributed by atoms with van der Waals surface area (Å²) < 4.78 is 0. The molecule has 0 N–H and O–H groups in total. The lowest BCUT2D eigenvalue weighted by Crippen LogP contribution is -2.35. The molecule has 2 bridgehead atoms. The monoisotopic (exact) mass is 407 g/mol. The van der Waals surface area contributed by atoms with Crippen LogP contribution in [-0.4, -0.2) is 22.6 Å². The molecule has 1 aromatic heterocycles. The summed E-state index contributed by atoms with van der Waals surface area (Å²) in [6.45, 7) is 10.5. The molecular formula is C25H30ClN3. The van der Waals surface area contributed by atoms with Crippen molar-refractivity contribution in [2.24, 2.45) is 10.8 Å². The molecule has 0 spiro atoms. The molecule has 5 rings (SSSR count). The Labute approximate surface area is 180 Å². The van der Waals surface area contributed by atoms with Gasteiger partial charge >= 0.3 is 0 Å². The number of fused-ring (bicyclic) bond motifs is 3. The van der Waals surface area contributed by atoms with Crippen molar-refractivity contribution in [1.29, 1.82) is 0 Å². The van der Waals surface area contributed by atoms with E-state index in [9.17, 15) is 0 Å². The minimum Gasteiger partial charge on any atom is -0.352 e. The van der Waals surface area contributed by atoms with Gasteiger partial charge in [0.05, 0.1) is 5.52 Å². The SMILES string of the molecule is Cc1cccc(-c2nc(N3CC4(C)CC3CC(C)(C)C4)c3ccccc3n2)c1.Cl. The van der Waals surface area contributed by atoms with Crippen LogP contribution in [0.1, 0.15) is 45.6 Å². The van der Waals surface area contributed by atoms with Gasteiger partial charge in [-0.1, -0.05) is 56.7 Å². The summed E-state index contributed by atoms with van der Waals surface area (Å²) in [5.41, 5.74) is 4.15. The van der Waals surface area contributed by atoms with Gasteiger partial charge < -0.3 is 4.90 Å². The van der Waals surface area contributed by atoms with E-state index in [1.165, 1.54) is 30.2 Å². The molecule has 3 nitrogen and oxygen atoms in total. The molecule has 29 heavy (non-hydrogen) atoms. The molecule has 2 fully saturated rings. The van der Waals surface area contributed by atoms with E-state index in [4.69, 9.17) is 9.97 Å². The Morgan fingerprint density at radius 3 is 2.55 bits per heavy atom. The van der Waals surface area contributed by atoms with Crippen LogP contribution in [-0.2, 0) is 0 Å². The Hall–Kier alpha value is -2.13. The van der Waals surface area contributed by atoms with Crippen molar-refractivity contribution in [2.75, 3.05) is 11.4 Å². The van der Waals surface area contributed by atoms with E-state index in [1.807, 2.05) is 0 Å². The lowest BCUT2D eigenvalue weighted by Gasteiger charge is -2.39. The van der Waals surface area contributed by atoms with Crippen molar-refractivity contribution in [1.82, 2.24) is 9.97 Å². The Kier molecular flexibility index (Phi) is 4.85. The molecule has 1 aliphatic heterocycles. The van der Waals surface area contributed by atoms with Crippen LogP contribution in [0.5, 0.6) is 0 Å². The first-order valence-electron chi connectivity index (χ1n) is 10.4. The maximum Gasteiger partial charge on any atom is 0.162 e. The highest BCUT2D eigenvalue weighted by Gasteiger charge is 2.50. The number of hydrogen-bond acceptors (Lipinski definition) is 3. The fraction of sp³-hybridized carbons (Fsp3) is 0.440. The smallest absolute Gasteiger partial charge is 0.162 e. The number of aromatic nitrogens is 2. The van der Waals surface area contributed by atoms with E-state index in [0.717, 1.165) is 29.3 Å². The van der Waals surface area contributed by atoms with Crippen molar-refractivity contribution < 1.29 is 0 Å². The average Bonchev–Trinajstić information content (AvgIpc) is 2.89. The van der Waals surface area contributed by atoms with Gasteiger partial charge in [0.1, 0.15) is 5.82 Å². The molecule has 0 amide bonds. The largest absolute Gasteiger partial charge is 0.352 e. The number of nitrogens with zero attached hydrogens (tertiary/aromatic N) is 3. The van der Waals surface area contributed by atoms with E-state index in [-0.39, 0.29) is 12.4 Å². The summed E-state index contributed by atoms with van der Waals surface area (Å²) in [6, 6.07) is 17.6. The first-order valence-corrected chi connectivity index (χ1v) is 10.4. The standard InChI is InChI=1S/C25H29N3.ClH/c1-17-8-7-9-18(12-17)22-26-21-11-6-5-10-20(21)23(27-22)28-16-25(4)14-19(28)13-24(2,3)15-25;/h5-12,19H,13-16H2,1-4H3;1H. The summed E-state index contributed by atoms with van der Waals surface area (Å²) >= 11 is 0. The van der Waals surface area contributed by atoms with Crippen molar-refractivity contribution in [3.8, 4) is 11.4 Å². The number of anilines is 1. The van der Waals surface area contributed by atoms with Crippen LogP contribution >= 0.6 is 12.4 Å². The number of halogens is 1. The Balaban J connectivity index is 0.00000205. The third-order valence-electron chi connectivity index (χ3n) is 6.55. The van der Waals surface area contributed by atoms with Crippen molar-refractivity contribution >= 4 is 29.1 Å². The summed E-state index contributed by atoms with van der Waals surface area (Å²) in [4.78, 5) is 12.7. The van der Waals surface area contributed by atoms with Gasteiger partial charge in [-0.05, 0) is 55.2 Å². The van der Waals surface area contributed by atoms with Crippen LogP contribution < -0.4 is 4.90 Å². The normalized spacial score (nSPS) is 25.1. The van der Waals surface area contributed by atoms with Gasteiger partial charge in [0.2, 0.25) is 0 Å². The maximum atomic E-state index is 5.15. The van der Waals surface area contributed by atoms with E-state index in [0.29, 0.717) is 16.9 Å². The predicted octanol–water partition coefficient (Wildman–Crippen LogP) is 6.43. The molecular weight excluding hydrogens is 378 g/mol. The van der Waals surface area contributed by atoms with Crippen molar-refractivity contribution in [3.63, 3.8) is 0 Å². The highest BCUT2D eigenvalue weighted by Crippen LogP contribution is 2.53. The van der Waals surface area contributed by atoms with E-state index in [2.05, 4.69) is 81.1 Å². The summed E-state index contributed by atoms with van der Waals surface area (Å²) in [5, 5.41) is 1.17. The molecule has 152 valence electrons. The van der Waals surface area contributed by atoms with Crippen LogP contribution in [0, 0.1) is 17.8 Å². The summed E-state index contributed by atoms with van der Waals surface area (Å²) in [5.74, 6) is 1.96. The Morgan fingerprint density at radius 2 is 1.76 bits per heavy atom. The lowest BCUT2D eigenvalue weighted by molar-refractivity contribution is 0.136. The quantitative estimate of drug-likeness (QED) is 0.490. The average molecular weight is 408 g/mol. The highest BCUT2D eigenvalue weighted by molar-refractivity contribution is 5.91. The molecule has 1 aliphatic carbocycles. The molecule has 2 aromatic carbocycles. The highest BCUT2D eigenvalue weighted by atomic mass is 35.5. The van der Waals surface area contributed by atoms with Crippen molar-refractivity contribution in [2.45, 2.75) is 53.0 Å². The van der Waals surface area contributed by atoms with E-state index >= 15 is 0 Å². The van der Waals surface area contributed by atoms with E-state index in [1.54, 1.807) is 0 Å². The Morgan fingerprint density at radius 1 is 0.966 bits per heavy atom. The second-order valence-electron chi connectivity index (χ2n) is 10.1. The van der Waals surface area contributed by atoms with Crippen LogP contribution in [0.25, 0.3) is 22.3 Å². The topological polar surface area (TPSA) is 29.0 Å². The molecule has 1 saturated heterocycles. The number of para-hydroxylation sites is 1. The van der Waals surface area contributed by atoms with Crippen LogP contribution in [0.4, 0.5) is 5.82 Å². The first kappa shape index (κ1) is 20.2. The Bertz CT molecular complexity index is 1060. The summed E-state index contributed by atoms with van der Waals surface area (Å²) in [7, 11) is 0. The zero-order chi connectivity index (χ0) is 19.5. The predicted molar refractivity (Wildman–Crippen MR) is 124 cm³/mol. The van der Waals surface area contributed by atoms with Crippen LogP contribution in [0.15, 0.2) is 48.5 Å². The molecule has 0 radical (unpaired) electrons. The van der Waals surface area contributed by atoms with Crippen LogP contribution in [0.3, 0.4) is 0 Å². The number of benzene rings is 2. The zero-order valence-electron chi connectivity index (χ0n) is 17.8. The molecule has 2 aliphatic rings. The van der Waals surface area contributed by atoms with Gasteiger partial charge in [0.15, 0.2) is 5.82 Å². The van der Waals surface area contributed by atoms with Crippen LogP contribution in [0.2, 0.25) is 0 Å². The van der Waals surface area contributed by atoms with Gasteiger partial charge in [-0.2, -0.15) is 0 Å². The second-order valence-corrected chi connectivity index (χ2v) is 10.1. The van der Waals surface area contributed by atoms with Gasteiger partial charge in [-0.25, -0.2) is 9.97 Å². The number of rotatable bonds is 2. The molecule has 3 aromatic rings. The molecule has 2 heterocycles. The fourth-order valence-electron chi connectivity index (χ4n) is 5.90. The number of aryl methyl sites for hydroxylation is 1. The zero-order valence-corrected chi connectivity index (χ0v) is 18.6. The van der Waals surface area contributed by atoms with E-state index < -0.39 is 0 Å². The minimum absolute atomic E-state index is 0. The molecule has 1 saturated carbocycles.